The van der Waals surface area contributed by atoms with Crippen LogP contribution in [-0.4, -0.2) is 25.5 Å². The molecule has 1 aromatic rings. The Kier molecular flexibility index (Phi) is 2.85. The lowest BCUT2D eigenvalue weighted by molar-refractivity contribution is -0.126. The van der Waals surface area contributed by atoms with Gasteiger partial charge in [-0.1, -0.05) is 24.3 Å². The zero-order valence-corrected chi connectivity index (χ0v) is 9.91. The Bertz CT molecular complexity index is 426. The summed E-state index contributed by atoms with van der Waals surface area (Å²) < 4.78 is 0. The fraction of sp³-hybridized carbons (Fsp3) is 0.500. The Balaban J connectivity index is 1.58. The summed E-state index contributed by atoms with van der Waals surface area (Å²) in [6.45, 7) is 2.48. The van der Waals surface area contributed by atoms with Gasteiger partial charge in [-0.2, -0.15) is 0 Å². The molecular formula is C14H18N2O. The van der Waals surface area contributed by atoms with E-state index in [1.165, 1.54) is 17.5 Å². The van der Waals surface area contributed by atoms with Crippen LogP contribution in [0.1, 0.15) is 23.5 Å². The van der Waals surface area contributed by atoms with E-state index in [9.17, 15) is 4.79 Å². The Hall–Kier alpha value is -1.35. The van der Waals surface area contributed by atoms with E-state index in [0.717, 1.165) is 26.1 Å². The van der Waals surface area contributed by atoms with E-state index in [4.69, 9.17) is 0 Å². The molecule has 3 rings (SSSR count). The second-order valence-corrected chi connectivity index (χ2v) is 5.03. The number of carbonyl (C=O) groups is 1. The van der Waals surface area contributed by atoms with Gasteiger partial charge in [0.2, 0.25) is 5.91 Å². The fourth-order valence-electron chi connectivity index (χ4n) is 2.70. The lowest BCUT2D eigenvalue weighted by Gasteiger charge is -2.26. The van der Waals surface area contributed by atoms with Gasteiger partial charge >= 0.3 is 0 Å². The normalized spacial score (nSPS) is 22.9. The predicted molar refractivity (Wildman–Crippen MR) is 66.9 cm³/mol. The number of nitrogens with one attached hydrogen (secondary N) is 2. The molecule has 3 heteroatoms. The van der Waals surface area contributed by atoms with Crippen molar-refractivity contribution in [3.8, 4) is 0 Å². The summed E-state index contributed by atoms with van der Waals surface area (Å²) in [6.07, 6.45) is 2.32. The van der Waals surface area contributed by atoms with Gasteiger partial charge in [-0.25, -0.2) is 0 Å². The van der Waals surface area contributed by atoms with E-state index < -0.39 is 0 Å². The minimum atomic E-state index is 0.201. The molecule has 1 aliphatic heterocycles. The van der Waals surface area contributed by atoms with Gasteiger partial charge in [0.1, 0.15) is 0 Å². The second kappa shape index (κ2) is 4.49. The summed E-state index contributed by atoms with van der Waals surface area (Å²) in [5, 5.41) is 6.21. The lowest BCUT2D eigenvalue weighted by Crippen LogP contribution is -2.51. The largest absolute Gasteiger partial charge is 0.355 e. The van der Waals surface area contributed by atoms with Crippen molar-refractivity contribution in [1.29, 1.82) is 0 Å². The third kappa shape index (κ3) is 2.07. The van der Waals surface area contributed by atoms with Gasteiger partial charge in [-0.15, -0.1) is 0 Å². The van der Waals surface area contributed by atoms with Gasteiger partial charge < -0.3 is 10.6 Å². The van der Waals surface area contributed by atoms with Crippen LogP contribution in [0.15, 0.2) is 24.3 Å². The molecule has 3 nitrogen and oxygen atoms in total. The maximum Gasteiger partial charge on any atom is 0.225 e. The Morgan fingerprint density at radius 2 is 2.18 bits per heavy atom. The number of amides is 1. The molecule has 1 heterocycles. The molecule has 2 aliphatic rings. The van der Waals surface area contributed by atoms with Crippen molar-refractivity contribution in [3.63, 3.8) is 0 Å². The van der Waals surface area contributed by atoms with Crippen molar-refractivity contribution in [3.05, 3.63) is 35.4 Å². The maximum absolute atomic E-state index is 11.7. The van der Waals surface area contributed by atoms with E-state index in [0.29, 0.717) is 5.92 Å². The molecular weight excluding hydrogens is 212 g/mol. The fourth-order valence-corrected chi connectivity index (χ4v) is 2.70. The lowest BCUT2D eigenvalue weighted by atomic mass is 9.99. The molecule has 17 heavy (non-hydrogen) atoms. The first kappa shape index (κ1) is 10.8. The second-order valence-electron chi connectivity index (χ2n) is 5.03. The van der Waals surface area contributed by atoms with Crippen molar-refractivity contribution in [1.82, 2.24) is 10.6 Å². The highest BCUT2D eigenvalue weighted by atomic mass is 16.2. The number of rotatable bonds is 3. The van der Waals surface area contributed by atoms with Crippen molar-refractivity contribution in [2.24, 2.45) is 5.92 Å². The monoisotopic (exact) mass is 230 g/mol. The van der Waals surface area contributed by atoms with E-state index in [1.807, 2.05) is 0 Å². The van der Waals surface area contributed by atoms with E-state index in [-0.39, 0.29) is 11.8 Å². The number of benzene rings is 1. The average molecular weight is 230 g/mol. The maximum atomic E-state index is 11.7. The molecule has 0 radical (unpaired) electrons. The first-order valence-corrected chi connectivity index (χ1v) is 6.41. The van der Waals surface area contributed by atoms with Crippen LogP contribution >= 0.6 is 0 Å². The molecule has 1 amide bonds. The molecule has 1 aliphatic carbocycles. The molecule has 1 unspecified atom stereocenters. The van der Waals surface area contributed by atoms with Crippen LogP contribution in [0.4, 0.5) is 0 Å². The summed E-state index contributed by atoms with van der Waals surface area (Å²) in [5.74, 6) is 0.933. The third-order valence-electron chi connectivity index (χ3n) is 3.93. The van der Waals surface area contributed by atoms with Gasteiger partial charge in [-0.3, -0.25) is 4.79 Å². The van der Waals surface area contributed by atoms with Gasteiger partial charge in [0.05, 0.1) is 5.92 Å². The van der Waals surface area contributed by atoms with Crippen LogP contribution in [0.2, 0.25) is 0 Å². The van der Waals surface area contributed by atoms with Gasteiger partial charge in [0.25, 0.3) is 0 Å². The number of hydrogen-bond donors (Lipinski definition) is 2. The van der Waals surface area contributed by atoms with E-state index in [1.54, 1.807) is 0 Å². The van der Waals surface area contributed by atoms with Crippen molar-refractivity contribution >= 4 is 5.91 Å². The van der Waals surface area contributed by atoms with Crippen LogP contribution < -0.4 is 10.6 Å². The number of fused-ring (bicyclic) bond motifs is 1. The Labute approximate surface area is 102 Å². The van der Waals surface area contributed by atoms with Crippen molar-refractivity contribution < 1.29 is 4.79 Å². The van der Waals surface area contributed by atoms with E-state index in [2.05, 4.69) is 34.9 Å². The van der Waals surface area contributed by atoms with Crippen molar-refractivity contribution in [2.45, 2.75) is 18.8 Å². The number of hydrogen-bond acceptors (Lipinski definition) is 2. The average Bonchev–Trinajstić information content (AvgIpc) is 2.67. The van der Waals surface area contributed by atoms with Gasteiger partial charge in [0.15, 0.2) is 0 Å². The quantitative estimate of drug-likeness (QED) is 0.815. The van der Waals surface area contributed by atoms with Crippen LogP contribution in [0.5, 0.6) is 0 Å². The molecule has 0 bridgehead atoms. The topological polar surface area (TPSA) is 41.1 Å². The molecule has 1 fully saturated rings. The van der Waals surface area contributed by atoms with Gasteiger partial charge in [0, 0.05) is 25.6 Å². The number of aryl methyl sites for hydroxylation is 1. The van der Waals surface area contributed by atoms with Crippen molar-refractivity contribution in [2.75, 3.05) is 19.6 Å². The molecule has 1 atom stereocenters. The highest BCUT2D eigenvalue weighted by Crippen LogP contribution is 2.32. The molecule has 1 saturated heterocycles. The first-order valence-electron chi connectivity index (χ1n) is 6.41. The summed E-state index contributed by atoms with van der Waals surface area (Å²) in [6, 6.07) is 8.59. The minimum absolute atomic E-state index is 0.201. The molecule has 90 valence electrons. The standard InChI is InChI=1S/C14H18N2O/c17-14(12-7-15-8-12)16-9-11-6-5-10-3-1-2-4-13(10)11/h1-4,11-12,15H,5-9H2,(H,16,17). The van der Waals surface area contributed by atoms with Crippen LogP contribution in [0, 0.1) is 5.92 Å². The Morgan fingerprint density at radius 1 is 1.35 bits per heavy atom. The highest BCUT2D eigenvalue weighted by molar-refractivity contribution is 5.80. The molecule has 2 N–H and O–H groups in total. The van der Waals surface area contributed by atoms with Crippen LogP contribution in [0.3, 0.4) is 0 Å². The zero-order chi connectivity index (χ0) is 11.7. The van der Waals surface area contributed by atoms with Crippen LogP contribution in [0.25, 0.3) is 0 Å². The SMILES string of the molecule is O=C(NCC1CCc2ccccc21)C1CNC1. The molecule has 0 spiro atoms. The smallest absolute Gasteiger partial charge is 0.225 e. The van der Waals surface area contributed by atoms with Gasteiger partial charge in [-0.05, 0) is 24.0 Å². The molecule has 0 saturated carbocycles. The summed E-state index contributed by atoms with van der Waals surface area (Å²) in [5.41, 5.74) is 2.89. The summed E-state index contributed by atoms with van der Waals surface area (Å²) in [7, 11) is 0. The predicted octanol–water partition coefficient (Wildman–Crippen LogP) is 1.05. The first-order chi connectivity index (χ1) is 8.34. The summed E-state index contributed by atoms with van der Waals surface area (Å²) in [4.78, 5) is 11.7. The van der Waals surface area contributed by atoms with Crippen LogP contribution in [-0.2, 0) is 11.2 Å². The summed E-state index contributed by atoms with van der Waals surface area (Å²) >= 11 is 0. The Morgan fingerprint density at radius 3 is 2.94 bits per heavy atom. The molecule has 0 aromatic heterocycles. The minimum Gasteiger partial charge on any atom is -0.355 e. The third-order valence-corrected chi connectivity index (χ3v) is 3.93. The highest BCUT2D eigenvalue weighted by Gasteiger charge is 2.27. The zero-order valence-electron chi connectivity index (χ0n) is 9.91. The molecule has 1 aromatic carbocycles. The number of carbonyl (C=O) groups excluding carboxylic acids is 1. The van der Waals surface area contributed by atoms with E-state index >= 15 is 0 Å².